The number of carbonyl (C=O) groups excluding carboxylic acids is 1. The fourth-order valence-corrected chi connectivity index (χ4v) is 2.74. The van der Waals surface area contributed by atoms with Gasteiger partial charge in [-0.25, -0.2) is 4.99 Å². The lowest BCUT2D eigenvalue weighted by Crippen LogP contribution is -2.13. The van der Waals surface area contributed by atoms with E-state index in [1.807, 2.05) is 44.2 Å². The summed E-state index contributed by atoms with van der Waals surface area (Å²) in [6.45, 7) is 4.05. The zero-order chi connectivity index (χ0) is 14.3. The first kappa shape index (κ1) is 13.1. The van der Waals surface area contributed by atoms with Crippen molar-refractivity contribution in [3.8, 4) is 0 Å². The van der Waals surface area contributed by atoms with Gasteiger partial charge in [0.2, 0.25) is 0 Å². The molecule has 20 heavy (non-hydrogen) atoms. The number of hydrogen-bond donors (Lipinski definition) is 1. The van der Waals surface area contributed by atoms with Gasteiger partial charge < -0.3 is 5.32 Å². The van der Waals surface area contributed by atoms with Crippen LogP contribution in [0.5, 0.6) is 0 Å². The summed E-state index contributed by atoms with van der Waals surface area (Å²) in [7, 11) is 0. The Kier molecular flexibility index (Phi) is 3.18. The molecule has 0 spiro atoms. The van der Waals surface area contributed by atoms with Crippen LogP contribution in [-0.2, 0) is 4.79 Å². The van der Waals surface area contributed by atoms with Crippen LogP contribution in [-0.4, -0.2) is 11.6 Å². The third-order valence-electron chi connectivity index (χ3n) is 3.15. The Labute approximate surface area is 125 Å². The Hall–Kier alpha value is -1.94. The molecule has 1 amide bonds. The summed E-state index contributed by atoms with van der Waals surface area (Å²) in [5.74, 6) is -0.155. The van der Waals surface area contributed by atoms with Gasteiger partial charge in [0.25, 0.3) is 5.91 Å². The molecule has 2 aromatic rings. The van der Waals surface area contributed by atoms with Gasteiger partial charge in [-0.15, -0.1) is 0 Å². The smallest absolute Gasteiger partial charge is 0.275 e. The second kappa shape index (κ2) is 4.87. The lowest BCUT2D eigenvalue weighted by atomic mass is 10.1. The number of fused-ring (bicyclic) bond motifs is 1. The molecule has 3 rings (SSSR count). The molecule has 1 N–H and O–H groups in total. The highest BCUT2D eigenvalue weighted by atomic mass is 79.9. The van der Waals surface area contributed by atoms with Gasteiger partial charge in [-0.1, -0.05) is 22.0 Å². The van der Waals surface area contributed by atoms with E-state index < -0.39 is 0 Å². The van der Waals surface area contributed by atoms with Crippen LogP contribution in [0.2, 0.25) is 0 Å². The number of rotatable bonds is 1. The van der Waals surface area contributed by atoms with Crippen molar-refractivity contribution in [3.05, 3.63) is 57.6 Å². The number of amides is 1. The van der Waals surface area contributed by atoms with Gasteiger partial charge in [-0.3, -0.25) is 4.79 Å². The zero-order valence-corrected chi connectivity index (χ0v) is 12.8. The van der Waals surface area contributed by atoms with E-state index in [2.05, 4.69) is 32.3 Å². The average molecular weight is 329 g/mol. The van der Waals surface area contributed by atoms with E-state index in [0.717, 1.165) is 32.5 Å². The normalized spacial score (nSPS) is 15.3. The molecule has 1 aliphatic rings. The molecule has 3 nitrogen and oxygen atoms in total. The molecule has 1 aliphatic heterocycles. The molecule has 1 heterocycles. The molecule has 0 aromatic heterocycles. The number of anilines is 1. The highest BCUT2D eigenvalue weighted by Crippen LogP contribution is 2.29. The summed E-state index contributed by atoms with van der Waals surface area (Å²) in [4.78, 5) is 16.6. The van der Waals surface area contributed by atoms with Crippen molar-refractivity contribution in [3.63, 3.8) is 0 Å². The van der Waals surface area contributed by atoms with Gasteiger partial charge in [0.15, 0.2) is 0 Å². The third-order valence-corrected chi connectivity index (χ3v) is 3.64. The van der Waals surface area contributed by atoms with E-state index in [9.17, 15) is 4.79 Å². The Bertz CT molecular complexity index is 730. The Morgan fingerprint density at radius 3 is 2.45 bits per heavy atom. The minimum absolute atomic E-state index is 0.155. The van der Waals surface area contributed by atoms with Crippen molar-refractivity contribution in [2.24, 2.45) is 4.99 Å². The van der Waals surface area contributed by atoms with E-state index in [4.69, 9.17) is 0 Å². The molecule has 0 radical (unpaired) electrons. The fourth-order valence-electron chi connectivity index (χ4n) is 2.38. The number of aliphatic imine (C=N–C) groups is 1. The van der Waals surface area contributed by atoms with E-state index in [-0.39, 0.29) is 5.91 Å². The highest BCUT2D eigenvalue weighted by molar-refractivity contribution is 9.10. The van der Waals surface area contributed by atoms with E-state index in [1.54, 1.807) is 0 Å². The second-order valence-corrected chi connectivity index (χ2v) is 5.87. The average Bonchev–Trinajstić information content (AvgIpc) is 2.65. The quantitative estimate of drug-likeness (QED) is 0.839. The molecule has 0 atom stereocenters. The standard InChI is InChI=1S/C16H13BrN2O/c1-9-5-10(2)7-12(6-9)18-15-13-8-11(17)3-4-14(13)19-16(15)20/h3-8H,1-2H3,(H,18,19,20). The van der Waals surface area contributed by atoms with Crippen LogP contribution in [0, 0.1) is 13.8 Å². The van der Waals surface area contributed by atoms with Gasteiger partial charge in [0, 0.05) is 10.0 Å². The van der Waals surface area contributed by atoms with Crippen LogP contribution < -0.4 is 5.32 Å². The lowest BCUT2D eigenvalue weighted by molar-refractivity contribution is -0.110. The SMILES string of the molecule is Cc1cc(C)cc(N=C2C(=O)Nc3ccc(Br)cc32)c1. The van der Waals surface area contributed by atoms with Crippen LogP contribution in [0.3, 0.4) is 0 Å². The fraction of sp³-hybridized carbons (Fsp3) is 0.125. The number of carbonyl (C=O) groups is 1. The minimum atomic E-state index is -0.155. The Morgan fingerprint density at radius 2 is 1.75 bits per heavy atom. The molecule has 0 bridgehead atoms. The lowest BCUT2D eigenvalue weighted by Gasteiger charge is -2.02. The number of benzene rings is 2. The van der Waals surface area contributed by atoms with Crippen molar-refractivity contribution < 1.29 is 4.79 Å². The third kappa shape index (κ3) is 2.39. The van der Waals surface area contributed by atoms with E-state index >= 15 is 0 Å². The van der Waals surface area contributed by atoms with E-state index in [0.29, 0.717) is 5.71 Å². The molecular formula is C16H13BrN2O. The number of nitrogens with one attached hydrogen (secondary N) is 1. The number of nitrogens with zero attached hydrogens (tertiary/aromatic N) is 1. The van der Waals surface area contributed by atoms with Gasteiger partial charge in [0.1, 0.15) is 5.71 Å². The number of halogens is 1. The molecular weight excluding hydrogens is 316 g/mol. The van der Waals surface area contributed by atoms with Crippen molar-refractivity contribution in [1.82, 2.24) is 0 Å². The summed E-state index contributed by atoms with van der Waals surface area (Å²) >= 11 is 3.43. The maximum Gasteiger partial charge on any atom is 0.275 e. The second-order valence-electron chi connectivity index (χ2n) is 4.95. The molecule has 0 fully saturated rings. The van der Waals surface area contributed by atoms with Crippen LogP contribution in [0.1, 0.15) is 16.7 Å². The Balaban J connectivity index is 2.12. The highest BCUT2D eigenvalue weighted by Gasteiger charge is 2.26. The van der Waals surface area contributed by atoms with Crippen LogP contribution in [0.25, 0.3) is 0 Å². The number of aryl methyl sites for hydroxylation is 2. The van der Waals surface area contributed by atoms with Crippen LogP contribution >= 0.6 is 15.9 Å². The molecule has 0 saturated carbocycles. The topological polar surface area (TPSA) is 41.5 Å². The molecule has 100 valence electrons. The van der Waals surface area contributed by atoms with Crippen molar-refractivity contribution >= 4 is 38.9 Å². The van der Waals surface area contributed by atoms with Crippen molar-refractivity contribution in [1.29, 1.82) is 0 Å². The molecule has 0 saturated heterocycles. The summed E-state index contributed by atoms with van der Waals surface area (Å²) in [5, 5.41) is 2.83. The monoisotopic (exact) mass is 328 g/mol. The first-order valence-electron chi connectivity index (χ1n) is 6.31. The number of hydrogen-bond acceptors (Lipinski definition) is 2. The summed E-state index contributed by atoms with van der Waals surface area (Å²) in [6, 6.07) is 11.7. The van der Waals surface area contributed by atoms with Gasteiger partial charge in [-0.05, 0) is 55.3 Å². The van der Waals surface area contributed by atoms with Crippen molar-refractivity contribution in [2.45, 2.75) is 13.8 Å². The maximum atomic E-state index is 12.1. The van der Waals surface area contributed by atoms with Gasteiger partial charge in [-0.2, -0.15) is 0 Å². The van der Waals surface area contributed by atoms with Crippen LogP contribution in [0.15, 0.2) is 45.9 Å². The molecule has 0 aliphatic carbocycles. The van der Waals surface area contributed by atoms with Gasteiger partial charge in [0.05, 0.1) is 11.4 Å². The van der Waals surface area contributed by atoms with Crippen molar-refractivity contribution in [2.75, 3.05) is 5.32 Å². The summed E-state index contributed by atoms with van der Waals surface area (Å²) in [5.41, 5.74) is 5.19. The first-order valence-corrected chi connectivity index (χ1v) is 7.10. The minimum Gasteiger partial charge on any atom is -0.320 e. The summed E-state index contributed by atoms with van der Waals surface area (Å²) < 4.78 is 0.931. The van der Waals surface area contributed by atoms with Crippen LogP contribution in [0.4, 0.5) is 11.4 Å². The Morgan fingerprint density at radius 1 is 1.05 bits per heavy atom. The molecule has 0 unspecified atom stereocenters. The predicted molar refractivity (Wildman–Crippen MR) is 84.9 cm³/mol. The largest absolute Gasteiger partial charge is 0.320 e. The molecule has 4 heteroatoms. The zero-order valence-electron chi connectivity index (χ0n) is 11.2. The maximum absolute atomic E-state index is 12.1. The first-order chi connectivity index (χ1) is 9.52. The van der Waals surface area contributed by atoms with E-state index in [1.165, 1.54) is 0 Å². The summed E-state index contributed by atoms with van der Waals surface area (Å²) in [6.07, 6.45) is 0. The predicted octanol–water partition coefficient (Wildman–Crippen LogP) is 4.14. The molecule has 2 aromatic carbocycles. The van der Waals surface area contributed by atoms with Gasteiger partial charge >= 0.3 is 0 Å².